The van der Waals surface area contributed by atoms with E-state index in [-0.39, 0.29) is 11.7 Å². The zero-order chi connectivity index (χ0) is 16.4. The summed E-state index contributed by atoms with van der Waals surface area (Å²) in [6.45, 7) is 3.64. The molecule has 1 N–H and O–H groups in total. The van der Waals surface area contributed by atoms with Gasteiger partial charge in [0.05, 0.1) is 10.7 Å². The highest BCUT2D eigenvalue weighted by Gasteiger charge is 2.09. The fourth-order valence-electron chi connectivity index (χ4n) is 2.16. The van der Waals surface area contributed by atoms with Gasteiger partial charge in [0.2, 0.25) is 0 Å². The van der Waals surface area contributed by atoms with E-state index >= 15 is 0 Å². The molecule has 116 valence electrons. The third-order valence-electron chi connectivity index (χ3n) is 3.49. The molecule has 3 aromatic rings. The number of nitrogens with one attached hydrogen (secondary N) is 1. The zero-order valence-electron chi connectivity index (χ0n) is 12.8. The molecular weight excluding hydrogens is 311 g/mol. The van der Waals surface area contributed by atoms with Crippen LogP contribution in [0.1, 0.15) is 20.9 Å². The maximum atomic E-state index is 13.5. The largest absolute Gasteiger partial charge is 0.322 e. The Kier molecular flexibility index (Phi) is 4.21. The Bertz CT molecular complexity index is 856. The Morgan fingerprint density at radius 2 is 1.87 bits per heavy atom. The summed E-state index contributed by atoms with van der Waals surface area (Å²) >= 11 is 1.59. The number of hydrogen-bond donors (Lipinski definition) is 1. The highest BCUT2D eigenvalue weighted by Crippen LogP contribution is 2.22. The number of aryl methyl sites for hydroxylation is 2. The van der Waals surface area contributed by atoms with E-state index in [1.807, 2.05) is 24.4 Å². The van der Waals surface area contributed by atoms with Crippen LogP contribution in [0.5, 0.6) is 0 Å². The first kappa shape index (κ1) is 15.4. The highest BCUT2D eigenvalue weighted by atomic mass is 32.1. The van der Waals surface area contributed by atoms with Crippen molar-refractivity contribution in [2.45, 2.75) is 13.8 Å². The van der Waals surface area contributed by atoms with Crippen molar-refractivity contribution in [1.29, 1.82) is 0 Å². The summed E-state index contributed by atoms with van der Waals surface area (Å²) in [5.41, 5.74) is 3.37. The van der Waals surface area contributed by atoms with Crippen LogP contribution in [-0.2, 0) is 0 Å². The lowest BCUT2D eigenvalue weighted by Crippen LogP contribution is -2.12. The average Bonchev–Trinajstić information content (AvgIpc) is 2.97. The van der Waals surface area contributed by atoms with E-state index in [9.17, 15) is 9.18 Å². The number of benzene rings is 2. The number of hydrogen-bond acceptors (Lipinski definition) is 3. The molecule has 0 saturated carbocycles. The number of rotatable bonds is 3. The third kappa shape index (κ3) is 3.46. The number of aromatic nitrogens is 1. The number of thiazole rings is 1. The summed E-state index contributed by atoms with van der Waals surface area (Å²) in [6.07, 6.45) is 0. The molecule has 1 heterocycles. The minimum atomic E-state index is -0.336. The first-order valence-electron chi connectivity index (χ1n) is 7.13. The maximum Gasteiger partial charge on any atom is 0.255 e. The maximum absolute atomic E-state index is 13.5. The van der Waals surface area contributed by atoms with Crippen molar-refractivity contribution in [1.82, 2.24) is 4.98 Å². The molecule has 0 radical (unpaired) electrons. The minimum Gasteiger partial charge on any atom is -0.322 e. The predicted octanol–water partition coefficient (Wildman–Crippen LogP) is 4.82. The molecule has 0 atom stereocenters. The fraction of sp³-hybridized carbons (Fsp3) is 0.111. The second kappa shape index (κ2) is 6.30. The molecule has 0 fully saturated rings. The molecule has 0 aliphatic carbocycles. The van der Waals surface area contributed by atoms with Gasteiger partial charge >= 0.3 is 0 Å². The number of nitrogens with zero attached hydrogens (tertiary/aromatic N) is 1. The van der Waals surface area contributed by atoms with Crippen LogP contribution in [0.15, 0.2) is 47.8 Å². The lowest BCUT2D eigenvalue weighted by Gasteiger charge is -2.07. The van der Waals surface area contributed by atoms with Gasteiger partial charge in [0.15, 0.2) is 0 Å². The van der Waals surface area contributed by atoms with Gasteiger partial charge in [-0.15, -0.1) is 11.3 Å². The van der Waals surface area contributed by atoms with E-state index in [2.05, 4.69) is 10.3 Å². The van der Waals surface area contributed by atoms with E-state index in [0.717, 1.165) is 16.3 Å². The van der Waals surface area contributed by atoms with E-state index in [0.29, 0.717) is 16.8 Å². The Balaban J connectivity index is 1.76. The lowest BCUT2D eigenvalue weighted by molar-refractivity contribution is 0.102. The normalized spacial score (nSPS) is 10.6. The fourth-order valence-corrected chi connectivity index (χ4v) is 2.78. The smallest absolute Gasteiger partial charge is 0.255 e. The highest BCUT2D eigenvalue weighted by molar-refractivity contribution is 7.09. The minimum absolute atomic E-state index is 0.269. The standard InChI is InChI=1S/C18H15FN2OS/c1-11-3-8-15(9-16(11)19)21-18(22)14-6-4-13(5-7-14)17-10-23-12(2)20-17/h3-10H,1-2H3,(H,21,22). The van der Waals surface area contributed by atoms with Gasteiger partial charge < -0.3 is 5.32 Å². The van der Waals surface area contributed by atoms with Gasteiger partial charge in [-0.25, -0.2) is 9.37 Å². The monoisotopic (exact) mass is 326 g/mol. The van der Waals surface area contributed by atoms with Crippen molar-refractivity contribution in [2.24, 2.45) is 0 Å². The molecule has 0 aliphatic heterocycles. The van der Waals surface area contributed by atoms with Crippen molar-refractivity contribution in [2.75, 3.05) is 5.32 Å². The summed E-state index contributed by atoms with van der Waals surface area (Å²) in [5, 5.41) is 5.69. The first-order valence-corrected chi connectivity index (χ1v) is 8.01. The van der Waals surface area contributed by atoms with Gasteiger partial charge in [0.25, 0.3) is 5.91 Å². The molecule has 0 spiro atoms. The zero-order valence-corrected chi connectivity index (χ0v) is 13.6. The van der Waals surface area contributed by atoms with Crippen molar-refractivity contribution in [3.63, 3.8) is 0 Å². The third-order valence-corrected chi connectivity index (χ3v) is 4.27. The molecule has 23 heavy (non-hydrogen) atoms. The molecule has 5 heteroatoms. The van der Waals surface area contributed by atoms with Gasteiger partial charge in [-0.05, 0) is 43.7 Å². The quantitative estimate of drug-likeness (QED) is 0.750. The van der Waals surface area contributed by atoms with E-state index in [1.54, 1.807) is 42.5 Å². The molecule has 2 aromatic carbocycles. The van der Waals surface area contributed by atoms with E-state index in [4.69, 9.17) is 0 Å². The van der Waals surface area contributed by atoms with Crippen LogP contribution in [0.25, 0.3) is 11.3 Å². The lowest BCUT2D eigenvalue weighted by atomic mass is 10.1. The summed E-state index contributed by atoms with van der Waals surface area (Å²) in [7, 11) is 0. The average molecular weight is 326 g/mol. The Labute approximate surface area is 137 Å². The second-order valence-corrected chi connectivity index (χ2v) is 6.31. The van der Waals surface area contributed by atoms with Crippen LogP contribution >= 0.6 is 11.3 Å². The Morgan fingerprint density at radius 1 is 1.13 bits per heavy atom. The van der Waals surface area contributed by atoms with Gasteiger partial charge in [0.1, 0.15) is 5.82 Å². The molecule has 1 aromatic heterocycles. The summed E-state index contributed by atoms with van der Waals surface area (Å²) in [6, 6.07) is 11.8. The van der Waals surface area contributed by atoms with Crippen molar-refractivity contribution in [3.8, 4) is 11.3 Å². The van der Waals surface area contributed by atoms with Gasteiger partial charge in [0, 0.05) is 22.2 Å². The van der Waals surface area contributed by atoms with Gasteiger partial charge in [-0.1, -0.05) is 18.2 Å². The van der Waals surface area contributed by atoms with Crippen molar-refractivity contribution in [3.05, 3.63) is 69.8 Å². The van der Waals surface area contributed by atoms with E-state index < -0.39 is 0 Å². The number of halogens is 1. The number of carbonyl (C=O) groups excluding carboxylic acids is 1. The second-order valence-electron chi connectivity index (χ2n) is 5.25. The summed E-state index contributed by atoms with van der Waals surface area (Å²) in [4.78, 5) is 16.6. The molecule has 3 nitrogen and oxygen atoms in total. The Morgan fingerprint density at radius 3 is 2.48 bits per heavy atom. The topological polar surface area (TPSA) is 42.0 Å². The number of carbonyl (C=O) groups is 1. The molecule has 0 unspecified atom stereocenters. The van der Waals surface area contributed by atoms with Crippen LogP contribution in [0.2, 0.25) is 0 Å². The predicted molar refractivity (Wildman–Crippen MR) is 91.4 cm³/mol. The molecule has 1 amide bonds. The van der Waals surface area contributed by atoms with Gasteiger partial charge in [-0.3, -0.25) is 4.79 Å². The van der Waals surface area contributed by atoms with Crippen LogP contribution in [0.3, 0.4) is 0 Å². The summed E-state index contributed by atoms with van der Waals surface area (Å²) in [5.74, 6) is -0.605. The SMILES string of the molecule is Cc1nc(-c2ccc(C(=O)Nc3ccc(C)c(F)c3)cc2)cs1. The van der Waals surface area contributed by atoms with Crippen LogP contribution < -0.4 is 5.32 Å². The van der Waals surface area contributed by atoms with Crippen LogP contribution in [0, 0.1) is 19.7 Å². The van der Waals surface area contributed by atoms with E-state index in [1.165, 1.54) is 6.07 Å². The van der Waals surface area contributed by atoms with Crippen molar-refractivity contribution >= 4 is 22.9 Å². The van der Waals surface area contributed by atoms with Crippen LogP contribution in [0.4, 0.5) is 10.1 Å². The number of anilines is 1. The molecular formula is C18H15FN2OS. The Hall–Kier alpha value is -2.53. The molecule has 0 bridgehead atoms. The van der Waals surface area contributed by atoms with Crippen molar-refractivity contribution < 1.29 is 9.18 Å². The first-order chi connectivity index (χ1) is 11.0. The number of amides is 1. The van der Waals surface area contributed by atoms with Gasteiger partial charge in [-0.2, -0.15) is 0 Å². The molecule has 0 saturated heterocycles. The molecule has 3 rings (SSSR count). The van der Waals surface area contributed by atoms with Crippen LogP contribution in [-0.4, -0.2) is 10.9 Å². The summed E-state index contributed by atoms with van der Waals surface area (Å²) < 4.78 is 13.5. The molecule has 0 aliphatic rings.